The highest BCUT2D eigenvalue weighted by Gasteiger charge is 2.36. The molecule has 1 fully saturated rings. The third-order valence-corrected chi connectivity index (χ3v) is 4.23. The number of hydrogen-bond donors (Lipinski definition) is 0. The lowest BCUT2D eigenvalue weighted by Crippen LogP contribution is -2.51. The molecule has 1 aromatic heterocycles. The number of carbonyl (C=O) groups excluding carboxylic acids is 1. The Kier molecular flexibility index (Phi) is 5.23. The van der Waals surface area contributed by atoms with E-state index in [1.807, 2.05) is 37.2 Å². The van der Waals surface area contributed by atoms with Crippen LogP contribution < -0.4 is 0 Å². The number of carbonyl (C=O) groups is 1. The highest BCUT2D eigenvalue weighted by atomic mass is 16.5. The molecule has 126 valence electrons. The summed E-state index contributed by atoms with van der Waals surface area (Å²) < 4.78 is 6.02. The third-order valence-electron chi connectivity index (χ3n) is 4.23. The second-order valence-electron chi connectivity index (χ2n) is 6.26. The minimum atomic E-state index is -0.0944. The van der Waals surface area contributed by atoms with Gasteiger partial charge in [0.25, 0.3) is 5.91 Å². The predicted octanol–water partition coefficient (Wildman–Crippen LogP) is 2.23. The molecule has 2 aromatic rings. The van der Waals surface area contributed by atoms with Crippen LogP contribution in [0.4, 0.5) is 0 Å². The van der Waals surface area contributed by atoms with E-state index in [4.69, 9.17) is 4.74 Å². The Morgan fingerprint density at radius 1 is 1.21 bits per heavy atom. The van der Waals surface area contributed by atoms with Gasteiger partial charge in [0.1, 0.15) is 0 Å². The van der Waals surface area contributed by atoms with Crippen molar-refractivity contribution in [2.24, 2.45) is 0 Å². The normalized spacial score (nSPS) is 21.0. The Hall–Kier alpha value is -2.24. The van der Waals surface area contributed by atoms with Crippen LogP contribution in [0.2, 0.25) is 0 Å². The minimum absolute atomic E-state index is 0.0262. The lowest BCUT2D eigenvalue weighted by atomic mass is 9.96. The Morgan fingerprint density at radius 2 is 1.92 bits per heavy atom. The smallest absolute Gasteiger partial charge is 0.254 e. The summed E-state index contributed by atoms with van der Waals surface area (Å²) in [5.41, 5.74) is 1.77. The van der Waals surface area contributed by atoms with Gasteiger partial charge in [-0.2, -0.15) is 0 Å². The van der Waals surface area contributed by atoms with E-state index in [1.54, 1.807) is 24.5 Å². The summed E-state index contributed by atoms with van der Waals surface area (Å²) in [7, 11) is 4.05. The van der Waals surface area contributed by atoms with Crippen molar-refractivity contribution in [3.63, 3.8) is 0 Å². The Balaban J connectivity index is 1.94. The summed E-state index contributed by atoms with van der Waals surface area (Å²) >= 11 is 0. The van der Waals surface area contributed by atoms with Gasteiger partial charge in [-0.1, -0.05) is 30.3 Å². The Labute approximate surface area is 142 Å². The molecule has 0 N–H and O–H groups in total. The summed E-state index contributed by atoms with van der Waals surface area (Å²) in [6.07, 6.45) is 3.26. The molecule has 5 nitrogen and oxygen atoms in total. The van der Waals surface area contributed by atoms with E-state index in [-0.39, 0.29) is 18.1 Å². The lowest BCUT2D eigenvalue weighted by Gasteiger charge is -2.42. The summed E-state index contributed by atoms with van der Waals surface area (Å²) in [4.78, 5) is 21.1. The SMILES string of the molecule is CN(C)C[C@@H]1OCCN(C(=O)c2ccncc2)[C@H]1c1ccccc1. The molecule has 0 radical (unpaired) electrons. The minimum Gasteiger partial charge on any atom is -0.373 e. The third kappa shape index (κ3) is 3.63. The fraction of sp³-hybridized carbons (Fsp3) is 0.368. The summed E-state index contributed by atoms with van der Waals surface area (Å²) in [6.45, 7) is 1.91. The average Bonchev–Trinajstić information content (AvgIpc) is 2.62. The fourth-order valence-electron chi connectivity index (χ4n) is 3.18. The molecule has 0 saturated carbocycles. The largest absolute Gasteiger partial charge is 0.373 e. The number of amides is 1. The van der Waals surface area contributed by atoms with E-state index in [0.717, 1.165) is 12.1 Å². The molecule has 2 heterocycles. The average molecular weight is 325 g/mol. The number of morpholine rings is 1. The molecule has 1 amide bonds. The second kappa shape index (κ2) is 7.55. The summed E-state index contributed by atoms with van der Waals surface area (Å²) in [6, 6.07) is 13.6. The van der Waals surface area contributed by atoms with E-state index in [9.17, 15) is 4.79 Å². The molecule has 5 heteroatoms. The molecule has 1 aliphatic heterocycles. The number of nitrogens with zero attached hydrogens (tertiary/aromatic N) is 3. The van der Waals surface area contributed by atoms with Crippen molar-refractivity contribution >= 4 is 5.91 Å². The van der Waals surface area contributed by atoms with Crippen LogP contribution in [0.25, 0.3) is 0 Å². The molecule has 0 aliphatic carbocycles. The molecule has 24 heavy (non-hydrogen) atoms. The van der Waals surface area contributed by atoms with Crippen molar-refractivity contribution < 1.29 is 9.53 Å². The number of likely N-dealkylation sites (N-methyl/N-ethyl adjacent to an activating group) is 1. The van der Waals surface area contributed by atoms with E-state index < -0.39 is 0 Å². The van der Waals surface area contributed by atoms with Crippen LogP contribution in [0, 0.1) is 0 Å². The van der Waals surface area contributed by atoms with Crippen LogP contribution >= 0.6 is 0 Å². The van der Waals surface area contributed by atoms with Crippen LogP contribution in [0.3, 0.4) is 0 Å². The van der Waals surface area contributed by atoms with Crippen LogP contribution in [0.15, 0.2) is 54.9 Å². The van der Waals surface area contributed by atoms with Gasteiger partial charge in [0.2, 0.25) is 0 Å². The van der Waals surface area contributed by atoms with E-state index in [2.05, 4.69) is 22.0 Å². The fourth-order valence-corrected chi connectivity index (χ4v) is 3.18. The number of pyridine rings is 1. The maximum atomic E-state index is 13.0. The van der Waals surface area contributed by atoms with Gasteiger partial charge in [-0.05, 0) is 31.8 Å². The predicted molar refractivity (Wildman–Crippen MR) is 92.8 cm³/mol. The van der Waals surface area contributed by atoms with E-state index in [1.165, 1.54) is 0 Å². The molecule has 1 aromatic carbocycles. The Morgan fingerprint density at radius 3 is 2.58 bits per heavy atom. The monoisotopic (exact) mass is 325 g/mol. The summed E-state index contributed by atoms with van der Waals surface area (Å²) in [5.74, 6) is 0.0262. The molecular formula is C19H23N3O2. The van der Waals surface area contributed by atoms with Crippen LogP contribution in [0.5, 0.6) is 0 Å². The van der Waals surface area contributed by atoms with Crippen molar-refractivity contribution in [3.05, 3.63) is 66.0 Å². The highest BCUT2D eigenvalue weighted by Crippen LogP contribution is 2.31. The van der Waals surface area contributed by atoms with Crippen LogP contribution in [-0.2, 0) is 4.74 Å². The molecule has 1 saturated heterocycles. The van der Waals surface area contributed by atoms with Gasteiger partial charge in [0.05, 0.1) is 18.8 Å². The zero-order chi connectivity index (χ0) is 16.9. The van der Waals surface area contributed by atoms with Gasteiger partial charge < -0.3 is 14.5 Å². The zero-order valence-corrected chi connectivity index (χ0v) is 14.1. The van der Waals surface area contributed by atoms with Gasteiger partial charge in [0, 0.05) is 31.0 Å². The quantitative estimate of drug-likeness (QED) is 0.865. The maximum Gasteiger partial charge on any atom is 0.254 e. The van der Waals surface area contributed by atoms with Crippen molar-refractivity contribution in [3.8, 4) is 0 Å². The maximum absolute atomic E-state index is 13.0. The number of rotatable bonds is 4. The van der Waals surface area contributed by atoms with Gasteiger partial charge in [-0.15, -0.1) is 0 Å². The topological polar surface area (TPSA) is 45.7 Å². The first-order valence-electron chi connectivity index (χ1n) is 8.19. The van der Waals surface area contributed by atoms with Crippen molar-refractivity contribution in [1.29, 1.82) is 0 Å². The zero-order valence-electron chi connectivity index (χ0n) is 14.1. The molecule has 0 bridgehead atoms. The van der Waals surface area contributed by atoms with Crippen molar-refractivity contribution in [2.45, 2.75) is 12.1 Å². The first kappa shape index (κ1) is 16.6. The van der Waals surface area contributed by atoms with Gasteiger partial charge in [-0.25, -0.2) is 0 Å². The first-order chi connectivity index (χ1) is 11.7. The lowest BCUT2D eigenvalue weighted by molar-refractivity contribution is -0.0684. The van der Waals surface area contributed by atoms with Gasteiger partial charge >= 0.3 is 0 Å². The number of benzene rings is 1. The molecule has 0 spiro atoms. The number of aromatic nitrogens is 1. The molecular weight excluding hydrogens is 302 g/mol. The molecule has 1 aliphatic rings. The Bertz CT molecular complexity index is 661. The summed E-state index contributed by atoms with van der Waals surface area (Å²) in [5, 5.41) is 0. The molecule has 3 rings (SSSR count). The standard InChI is InChI=1S/C19H23N3O2/c1-21(2)14-17-18(15-6-4-3-5-7-15)22(12-13-24-17)19(23)16-8-10-20-11-9-16/h3-11,17-18H,12-14H2,1-2H3/t17-,18-/m0/s1. The number of hydrogen-bond acceptors (Lipinski definition) is 4. The molecule has 0 unspecified atom stereocenters. The first-order valence-corrected chi connectivity index (χ1v) is 8.19. The number of ether oxygens (including phenoxy) is 1. The van der Waals surface area contributed by atoms with Crippen molar-refractivity contribution in [2.75, 3.05) is 33.8 Å². The van der Waals surface area contributed by atoms with E-state index >= 15 is 0 Å². The van der Waals surface area contributed by atoms with Crippen molar-refractivity contribution in [1.82, 2.24) is 14.8 Å². The second-order valence-corrected chi connectivity index (χ2v) is 6.26. The van der Waals surface area contributed by atoms with Crippen LogP contribution in [0.1, 0.15) is 22.0 Å². The van der Waals surface area contributed by atoms with E-state index in [0.29, 0.717) is 18.7 Å². The molecule has 2 atom stereocenters. The highest BCUT2D eigenvalue weighted by molar-refractivity contribution is 5.94. The van der Waals surface area contributed by atoms with Crippen LogP contribution in [-0.4, -0.2) is 60.6 Å². The van der Waals surface area contributed by atoms with Gasteiger partial charge in [0.15, 0.2) is 0 Å². The van der Waals surface area contributed by atoms with Gasteiger partial charge in [-0.3, -0.25) is 9.78 Å².